The van der Waals surface area contributed by atoms with Gasteiger partial charge >= 0.3 is 6.03 Å². The molecule has 2 aromatic heterocycles. The van der Waals surface area contributed by atoms with Crippen LogP contribution in [-0.2, 0) is 0 Å². The molecule has 128 valence electrons. The number of nitrogens with one attached hydrogen (secondary N) is 2. The second-order valence-electron chi connectivity index (χ2n) is 6.74. The number of urea groups is 1. The van der Waals surface area contributed by atoms with E-state index in [1.165, 1.54) is 19.3 Å². The molecule has 0 spiro atoms. The van der Waals surface area contributed by atoms with E-state index in [9.17, 15) is 4.79 Å². The van der Waals surface area contributed by atoms with Crippen LogP contribution < -0.4 is 10.6 Å². The lowest BCUT2D eigenvalue weighted by Crippen LogP contribution is -2.34. The molecule has 0 radical (unpaired) electrons. The van der Waals surface area contributed by atoms with Gasteiger partial charge in [-0.15, -0.1) is 11.3 Å². The maximum absolute atomic E-state index is 12.5. The van der Waals surface area contributed by atoms with Crippen molar-refractivity contribution in [3.8, 4) is 0 Å². The molecule has 0 bridgehead atoms. The number of nitrogens with zero attached hydrogens (tertiary/aromatic N) is 3. The molecule has 2 heterocycles. The molecule has 2 saturated carbocycles. The van der Waals surface area contributed by atoms with Crippen molar-refractivity contribution < 1.29 is 4.79 Å². The Bertz CT molecular complexity index is 673. The predicted octanol–water partition coefficient (Wildman–Crippen LogP) is 4.12. The van der Waals surface area contributed by atoms with Crippen molar-refractivity contribution in [3.05, 3.63) is 28.8 Å². The summed E-state index contributed by atoms with van der Waals surface area (Å²) in [5, 5.41) is 13.5. The molecule has 2 amide bonds. The molecule has 0 aliphatic heterocycles. The van der Waals surface area contributed by atoms with Gasteiger partial charge in [0.2, 0.25) is 0 Å². The van der Waals surface area contributed by atoms with Crippen molar-refractivity contribution in [3.63, 3.8) is 0 Å². The van der Waals surface area contributed by atoms with E-state index in [1.807, 2.05) is 16.1 Å². The van der Waals surface area contributed by atoms with Gasteiger partial charge < -0.3 is 5.32 Å². The summed E-state index contributed by atoms with van der Waals surface area (Å²) >= 11 is 1.60. The Morgan fingerprint density at radius 1 is 1.21 bits per heavy atom. The average molecular weight is 345 g/mol. The third-order valence-electron chi connectivity index (χ3n) is 4.93. The highest BCUT2D eigenvalue weighted by molar-refractivity contribution is 7.09. The van der Waals surface area contributed by atoms with Crippen molar-refractivity contribution >= 4 is 23.2 Å². The molecule has 1 atom stereocenters. The number of carbonyl (C=O) groups is 1. The molecular formula is C17H23N5OS. The molecule has 7 heteroatoms. The lowest BCUT2D eigenvalue weighted by Gasteiger charge is -2.24. The van der Waals surface area contributed by atoms with Gasteiger partial charge in [-0.1, -0.05) is 19.3 Å². The minimum atomic E-state index is -0.167. The van der Waals surface area contributed by atoms with Gasteiger partial charge in [-0.25, -0.2) is 14.5 Å². The molecule has 6 nitrogen and oxygen atoms in total. The zero-order chi connectivity index (χ0) is 16.4. The predicted molar refractivity (Wildman–Crippen MR) is 94.1 cm³/mol. The number of aromatic nitrogens is 3. The van der Waals surface area contributed by atoms with Gasteiger partial charge in [-0.3, -0.25) is 5.32 Å². The summed E-state index contributed by atoms with van der Waals surface area (Å²) in [5.41, 5.74) is 0. The molecule has 0 aromatic carbocycles. The van der Waals surface area contributed by atoms with E-state index in [1.54, 1.807) is 23.7 Å². The van der Waals surface area contributed by atoms with Gasteiger partial charge in [-0.05, 0) is 31.6 Å². The zero-order valence-electron chi connectivity index (χ0n) is 13.6. The average Bonchev–Trinajstić information content (AvgIpc) is 3.09. The Labute approximate surface area is 145 Å². The summed E-state index contributed by atoms with van der Waals surface area (Å²) in [6, 6.07) is 2.14. The van der Waals surface area contributed by atoms with Gasteiger partial charge in [0.05, 0.1) is 18.3 Å². The highest BCUT2D eigenvalue weighted by Gasteiger charge is 2.35. The fourth-order valence-corrected chi connectivity index (χ4v) is 4.30. The van der Waals surface area contributed by atoms with E-state index < -0.39 is 0 Å². The third kappa shape index (κ3) is 3.45. The van der Waals surface area contributed by atoms with Crippen LogP contribution >= 0.6 is 11.3 Å². The van der Waals surface area contributed by atoms with Crippen molar-refractivity contribution in [1.82, 2.24) is 20.1 Å². The molecular weight excluding hydrogens is 322 g/mol. The highest BCUT2D eigenvalue weighted by atomic mass is 32.1. The lowest BCUT2D eigenvalue weighted by atomic mass is 9.96. The van der Waals surface area contributed by atoms with Crippen LogP contribution in [0.1, 0.15) is 62.0 Å². The number of rotatable bonds is 5. The van der Waals surface area contributed by atoms with Crippen molar-refractivity contribution in [2.45, 2.75) is 57.0 Å². The molecule has 1 unspecified atom stereocenters. The van der Waals surface area contributed by atoms with E-state index in [-0.39, 0.29) is 12.1 Å². The fraction of sp³-hybridized carbons (Fsp3) is 0.588. The molecule has 2 aromatic rings. The standard InChI is InChI=1S/C17H23N5OS/c23-17(21-15(12-6-7-12)16-18-10-11-24-16)20-14-8-9-19-22(14)13-4-2-1-3-5-13/h8-13,15H,1-7H2,(H2,20,21,23). The first kappa shape index (κ1) is 15.6. The van der Waals surface area contributed by atoms with E-state index in [0.717, 1.165) is 36.5 Å². The molecule has 2 aliphatic rings. The first-order chi connectivity index (χ1) is 11.8. The first-order valence-electron chi connectivity index (χ1n) is 8.81. The first-order valence-corrected chi connectivity index (χ1v) is 9.69. The number of hydrogen-bond donors (Lipinski definition) is 2. The van der Waals surface area contributed by atoms with Crippen LogP contribution in [-0.4, -0.2) is 20.8 Å². The number of carbonyl (C=O) groups excluding carboxylic acids is 1. The van der Waals surface area contributed by atoms with Gasteiger partial charge in [0.1, 0.15) is 10.8 Å². The van der Waals surface area contributed by atoms with Crippen LogP contribution in [0.15, 0.2) is 23.8 Å². The Morgan fingerprint density at radius 3 is 2.75 bits per heavy atom. The molecule has 4 rings (SSSR count). The summed E-state index contributed by atoms with van der Waals surface area (Å²) in [6.45, 7) is 0. The summed E-state index contributed by atoms with van der Waals surface area (Å²) in [6.07, 6.45) is 11.9. The smallest absolute Gasteiger partial charge is 0.320 e. The van der Waals surface area contributed by atoms with Gasteiger partial charge in [-0.2, -0.15) is 5.10 Å². The Hall–Kier alpha value is -1.89. The normalized spacial score (nSPS) is 19.8. The van der Waals surface area contributed by atoms with Gasteiger partial charge in [0.15, 0.2) is 0 Å². The largest absolute Gasteiger partial charge is 0.328 e. The van der Waals surface area contributed by atoms with Gasteiger partial charge in [0, 0.05) is 17.6 Å². The van der Waals surface area contributed by atoms with Crippen LogP contribution in [0.25, 0.3) is 0 Å². The van der Waals surface area contributed by atoms with E-state index in [0.29, 0.717) is 12.0 Å². The Morgan fingerprint density at radius 2 is 2.04 bits per heavy atom. The zero-order valence-corrected chi connectivity index (χ0v) is 14.5. The maximum atomic E-state index is 12.5. The van der Waals surface area contributed by atoms with E-state index in [2.05, 4.69) is 20.7 Å². The number of hydrogen-bond acceptors (Lipinski definition) is 4. The molecule has 2 N–H and O–H groups in total. The minimum absolute atomic E-state index is 0.0241. The second kappa shape index (κ2) is 6.93. The van der Waals surface area contributed by atoms with Crippen molar-refractivity contribution in [1.29, 1.82) is 0 Å². The van der Waals surface area contributed by atoms with Crippen LogP contribution in [0.2, 0.25) is 0 Å². The summed E-state index contributed by atoms with van der Waals surface area (Å²) in [7, 11) is 0. The van der Waals surface area contributed by atoms with Gasteiger partial charge in [0.25, 0.3) is 0 Å². The maximum Gasteiger partial charge on any atom is 0.320 e. The topological polar surface area (TPSA) is 71.8 Å². The lowest BCUT2D eigenvalue weighted by molar-refractivity contribution is 0.246. The van der Waals surface area contributed by atoms with Crippen LogP contribution in [0.4, 0.5) is 10.6 Å². The quantitative estimate of drug-likeness (QED) is 0.856. The highest BCUT2D eigenvalue weighted by Crippen LogP contribution is 2.41. The summed E-state index contributed by atoms with van der Waals surface area (Å²) in [5.74, 6) is 1.30. The SMILES string of the molecule is O=C(Nc1ccnn1C1CCCCC1)NC(c1nccs1)C1CC1. The molecule has 2 aliphatic carbocycles. The fourth-order valence-electron chi connectivity index (χ4n) is 3.52. The van der Waals surface area contributed by atoms with Crippen LogP contribution in [0.5, 0.6) is 0 Å². The monoisotopic (exact) mass is 345 g/mol. The Balaban J connectivity index is 1.42. The summed E-state index contributed by atoms with van der Waals surface area (Å²) < 4.78 is 1.98. The van der Waals surface area contributed by atoms with Crippen LogP contribution in [0, 0.1) is 5.92 Å². The van der Waals surface area contributed by atoms with E-state index in [4.69, 9.17) is 0 Å². The van der Waals surface area contributed by atoms with Crippen LogP contribution in [0.3, 0.4) is 0 Å². The summed E-state index contributed by atoms with van der Waals surface area (Å²) in [4.78, 5) is 16.9. The van der Waals surface area contributed by atoms with Crippen molar-refractivity contribution in [2.24, 2.45) is 5.92 Å². The van der Waals surface area contributed by atoms with E-state index >= 15 is 0 Å². The Kier molecular flexibility index (Phi) is 4.51. The molecule has 24 heavy (non-hydrogen) atoms. The number of amides is 2. The molecule has 0 saturated heterocycles. The minimum Gasteiger partial charge on any atom is -0.328 e. The number of anilines is 1. The molecule has 2 fully saturated rings. The second-order valence-corrected chi connectivity index (χ2v) is 7.66. The van der Waals surface area contributed by atoms with Crippen molar-refractivity contribution in [2.75, 3.05) is 5.32 Å². The third-order valence-corrected chi connectivity index (χ3v) is 5.79. The number of thiazole rings is 1.